The van der Waals surface area contributed by atoms with Gasteiger partial charge in [0.2, 0.25) is 0 Å². The zero-order chi connectivity index (χ0) is 20.1. The molecule has 2 saturated heterocycles. The second kappa shape index (κ2) is 9.45. The largest absolute Gasteiger partial charge is 0.375 e. The molecule has 0 spiro atoms. The van der Waals surface area contributed by atoms with Crippen molar-refractivity contribution in [1.29, 1.82) is 0 Å². The summed E-state index contributed by atoms with van der Waals surface area (Å²) in [6.07, 6.45) is 2.22. The van der Waals surface area contributed by atoms with E-state index in [2.05, 4.69) is 66.6 Å². The molecule has 1 atom stereocenters. The minimum atomic E-state index is 0.260. The Hall–Kier alpha value is -2.32. The van der Waals surface area contributed by atoms with Gasteiger partial charge in [-0.05, 0) is 36.1 Å². The standard InChI is InChI=1S/C21H30N6OS/c1-17-16-27(11-12-28-17)19-6-5-18(14-23-19)15-24-21(22-2)26-9-7-25(8-10-26)20-4-3-13-29-20/h3-6,13-14,17H,7-12,15-16H2,1-2H3,(H,22,24). The van der Waals surface area contributed by atoms with E-state index in [1.165, 1.54) is 5.00 Å². The second-order valence-corrected chi connectivity index (χ2v) is 8.40. The third kappa shape index (κ3) is 5.00. The van der Waals surface area contributed by atoms with E-state index in [9.17, 15) is 0 Å². The van der Waals surface area contributed by atoms with E-state index in [-0.39, 0.29) is 6.10 Å². The molecule has 4 heterocycles. The van der Waals surface area contributed by atoms with Crippen LogP contribution in [0.1, 0.15) is 12.5 Å². The fraction of sp³-hybridized carbons (Fsp3) is 0.524. The molecule has 2 aliphatic heterocycles. The lowest BCUT2D eigenvalue weighted by molar-refractivity contribution is 0.0529. The first-order chi connectivity index (χ1) is 14.2. The first kappa shape index (κ1) is 20.0. The summed E-state index contributed by atoms with van der Waals surface area (Å²) in [5.74, 6) is 1.99. The number of thiophene rings is 1. The van der Waals surface area contributed by atoms with Gasteiger partial charge in [0.05, 0.1) is 17.7 Å². The number of morpholine rings is 1. The zero-order valence-electron chi connectivity index (χ0n) is 17.3. The summed E-state index contributed by atoms with van der Waals surface area (Å²) in [5.41, 5.74) is 1.16. The highest BCUT2D eigenvalue weighted by atomic mass is 32.1. The van der Waals surface area contributed by atoms with E-state index < -0.39 is 0 Å². The molecule has 29 heavy (non-hydrogen) atoms. The van der Waals surface area contributed by atoms with Crippen molar-refractivity contribution in [1.82, 2.24) is 15.2 Å². The Kier molecular flexibility index (Phi) is 6.51. The van der Waals surface area contributed by atoms with E-state index in [4.69, 9.17) is 4.74 Å². The van der Waals surface area contributed by atoms with Gasteiger partial charge < -0.3 is 24.8 Å². The van der Waals surface area contributed by atoms with E-state index >= 15 is 0 Å². The van der Waals surface area contributed by atoms with E-state index in [0.29, 0.717) is 0 Å². The Bertz CT molecular complexity index is 786. The van der Waals surface area contributed by atoms with Crippen LogP contribution in [0.4, 0.5) is 10.8 Å². The number of nitrogens with zero attached hydrogens (tertiary/aromatic N) is 5. The number of piperazine rings is 1. The van der Waals surface area contributed by atoms with Crippen LogP contribution in [0.5, 0.6) is 0 Å². The minimum Gasteiger partial charge on any atom is -0.375 e. The molecule has 0 aromatic carbocycles. The van der Waals surface area contributed by atoms with Crippen molar-refractivity contribution >= 4 is 28.1 Å². The molecule has 2 fully saturated rings. The number of ether oxygens (including phenoxy) is 1. The van der Waals surface area contributed by atoms with Gasteiger partial charge in [-0.15, -0.1) is 11.3 Å². The maximum atomic E-state index is 5.62. The highest BCUT2D eigenvalue weighted by molar-refractivity contribution is 7.14. The van der Waals surface area contributed by atoms with Gasteiger partial charge in [-0.2, -0.15) is 0 Å². The number of pyridine rings is 1. The molecule has 1 unspecified atom stereocenters. The predicted octanol–water partition coefficient (Wildman–Crippen LogP) is 2.27. The summed E-state index contributed by atoms with van der Waals surface area (Å²) in [5, 5.41) is 6.99. The van der Waals surface area contributed by atoms with Crippen molar-refractivity contribution in [3.63, 3.8) is 0 Å². The van der Waals surface area contributed by atoms with Gasteiger partial charge >= 0.3 is 0 Å². The Morgan fingerprint density at radius 2 is 2.07 bits per heavy atom. The third-order valence-corrected chi connectivity index (χ3v) is 6.36. The topological polar surface area (TPSA) is 56.2 Å². The highest BCUT2D eigenvalue weighted by Gasteiger charge is 2.20. The highest BCUT2D eigenvalue weighted by Crippen LogP contribution is 2.22. The Balaban J connectivity index is 1.27. The maximum Gasteiger partial charge on any atom is 0.194 e. The molecular formula is C21H30N6OS. The van der Waals surface area contributed by atoms with Crippen LogP contribution in [0.25, 0.3) is 0 Å². The van der Waals surface area contributed by atoms with Crippen LogP contribution in [0.3, 0.4) is 0 Å². The van der Waals surface area contributed by atoms with E-state index in [0.717, 1.165) is 69.8 Å². The molecule has 2 aromatic heterocycles. The van der Waals surface area contributed by atoms with Crippen LogP contribution in [0.2, 0.25) is 0 Å². The normalized spacial score (nSPS) is 20.8. The van der Waals surface area contributed by atoms with Gasteiger partial charge in [-0.25, -0.2) is 4.98 Å². The van der Waals surface area contributed by atoms with Crippen molar-refractivity contribution in [2.24, 2.45) is 4.99 Å². The molecule has 1 N–H and O–H groups in total. The number of aromatic nitrogens is 1. The molecule has 156 valence electrons. The van der Waals surface area contributed by atoms with Gasteiger partial charge in [0.25, 0.3) is 0 Å². The zero-order valence-corrected chi connectivity index (χ0v) is 18.1. The summed E-state index contributed by atoms with van der Waals surface area (Å²) in [7, 11) is 1.86. The average molecular weight is 415 g/mol. The van der Waals surface area contributed by atoms with Crippen LogP contribution in [0.15, 0.2) is 40.8 Å². The number of anilines is 2. The number of hydrogen-bond donors (Lipinski definition) is 1. The summed E-state index contributed by atoms with van der Waals surface area (Å²) in [6, 6.07) is 8.57. The lowest BCUT2D eigenvalue weighted by atomic mass is 10.2. The summed E-state index contributed by atoms with van der Waals surface area (Å²) >= 11 is 1.81. The lowest BCUT2D eigenvalue weighted by Crippen LogP contribution is -2.52. The second-order valence-electron chi connectivity index (χ2n) is 7.48. The predicted molar refractivity (Wildman–Crippen MR) is 120 cm³/mol. The molecule has 0 saturated carbocycles. The smallest absolute Gasteiger partial charge is 0.194 e. The molecule has 0 aliphatic carbocycles. The number of nitrogens with one attached hydrogen (secondary N) is 1. The summed E-state index contributed by atoms with van der Waals surface area (Å²) in [6.45, 7) is 9.40. The Labute approximate surface area is 177 Å². The average Bonchev–Trinajstić information content (AvgIpc) is 3.30. The van der Waals surface area contributed by atoms with E-state index in [1.807, 2.05) is 24.6 Å². The van der Waals surface area contributed by atoms with Crippen molar-refractivity contribution < 1.29 is 4.74 Å². The molecule has 2 aromatic rings. The first-order valence-electron chi connectivity index (χ1n) is 10.3. The number of hydrogen-bond acceptors (Lipinski definition) is 6. The van der Waals surface area contributed by atoms with Gasteiger partial charge in [0.15, 0.2) is 5.96 Å². The maximum absolute atomic E-state index is 5.62. The summed E-state index contributed by atoms with van der Waals surface area (Å²) in [4.78, 5) is 16.2. The minimum absolute atomic E-state index is 0.260. The molecule has 2 aliphatic rings. The quantitative estimate of drug-likeness (QED) is 0.612. The number of aliphatic imine (C=N–C) groups is 1. The van der Waals surface area contributed by atoms with Crippen LogP contribution < -0.4 is 15.1 Å². The first-order valence-corrected chi connectivity index (χ1v) is 11.2. The molecular weight excluding hydrogens is 384 g/mol. The van der Waals surface area contributed by atoms with Crippen LogP contribution in [-0.2, 0) is 11.3 Å². The monoisotopic (exact) mass is 414 g/mol. The van der Waals surface area contributed by atoms with Crippen molar-refractivity contribution in [2.45, 2.75) is 19.6 Å². The van der Waals surface area contributed by atoms with Gasteiger partial charge in [-0.1, -0.05) is 6.07 Å². The van der Waals surface area contributed by atoms with Gasteiger partial charge in [-0.3, -0.25) is 4.99 Å². The lowest BCUT2D eigenvalue weighted by Gasteiger charge is -2.37. The molecule has 7 nitrogen and oxygen atoms in total. The fourth-order valence-electron chi connectivity index (χ4n) is 3.84. The van der Waals surface area contributed by atoms with Crippen LogP contribution >= 0.6 is 11.3 Å². The Morgan fingerprint density at radius 1 is 1.21 bits per heavy atom. The van der Waals surface area contributed by atoms with Gasteiger partial charge in [0.1, 0.15) is 5.82 Å². The molecule has 0 amide bonds. The number of rotatable bonds is 4. The van der Waals surface area contributed by atoms with Crippen LogP contribution in [0, 0.1) is 0 Å². The third-order valence-electron chi connectivity index (χ3n) is 5.43. The van der Waals surface area contributed by atoms with Crippen molar-refractivity contribution in [3.05, 3.63) is 41.4 Å². The van der Waals surface area contributed by atoms with Gasteiger partial charge in [0, 0.05) is 59.1 Å². The SMILES string of the molecule is CN=C(NCc1ccc(N2CCOC(C)C2)nc1)N1CCN(c2cccs2)CC1. The number of guanidine groups is 1. The van der Waals surface area contributed by atoms with Crippen molar-refractivity contribution in [3.8, 4) is 0 Å². The molecule has 0 radical (unpaired) electrons. The molecule has 0 bridgehead atoms. The molecule has 4 rings (SSSR count). The van der Waals surface area contributed by atoms with Crippen molar-refractivity contribution in [2.75, 3.05) is 62.7 Å². The Morgan fingerprint density at radius 3 is 2.72 bits per heavy atom. The van der Waals surface area contributed by atoms with Crippen LogP contribution in [-0.4, -0.2) is 74.9 Å². The van der Waals surface area contributed by atoms with E-state index in [1.54, 1.807) is 0 Å². The summed E-state index contributed by atoms with van der Waals surface area (Å²) < 4.78 is 5.62. The fourth-order valence-corrected chi connectivity index (χ4v) is 4.62. The molecule has 8 heteroatoms.